The van der Waals surface area contributed by atoms with Crippen molar-refractivity contribution in [3.63, 3.8) is 0 Å². The van der Waals surface area contributed by atoms with Crippen molar-refractivity contribution in [2.45, 2.75) is 45.3 Å². The number of pyridine rings is 1. The fourth-order valence-corrected chi connectivity index (χ4v) is 4.07. The molecule has 3 aromatic rings. The fraction of sp³-hybridized carbons (Fsp3) is 0.391. The summed E-state index contributed by atoms with van der Waals surface area (Å²) in [7, 11) is 0. The van der Waals surface area contributed by atoms with Gasteiger partial charge in [-0.2, -0.15) is 0 Å². The van der Waals surface area contributed by atoms with E-state index in [4.69, 9.17) is 0 Å². The number of nitrogens with one attached hydrogen (secondary N) is 2. The standard InChI is InChI=1S/C23H27N5O3/c1-2-10-28-20-19(22(30)26-23(28)31)13-17(14-24-20)21(29)25-18-8-11-27(12-9-18)15-16-6-4-3-5-7-16/h3-7,13-14,18H,2,8-12,15H2,1H3,(H,25,29)(H,26,30,31). The van der Waals surface area contributed by atoms with Crippen molar-refractivity contribution >= 4 is 16.9 Å². The number of likely N-dealkylation sites (tertiary alicyclic amines) is 1. The average Bonchev–Trinajstić information content (AvgIpc) is 2.78. The summed E-state index contributed by atoms with van der Waals surface area (Å²) in [5.74, 6) is -0.247. The smallest absolute Gasteiger partial charge is 0.329 e. The molecule has 1 saturated heterocycles. The zero-order valence-electron chi connectivity index (χ0n) is 17.6. The fourth-order valence-electron chi connectivity index (χ4n) is 4.07. The SMILES string of the molecule is CCCn1c(=O)[nH]c(=O)c2cc(C(=O)NC3CCN(Cc4ccccc4)CC3)cnc21. The summed E-state index contributed by atoms with van der Waals surface area (Å²) >= 11 is 0. The number of aryl methyl sites for hydroxylation is 1. The van der Waals surface area contributed by atoms with Crippen LogP contribution in [0.25, 0.3) is 11.0 Å². The molecule has 2 N–H and O–H groups in total. The molecule has 1 aliphatic heterocycles. The monoisotopic (exact) mass is 421 g/mol. The van der Waals surface area contributed by atoms with E-state index in [1.807, 2.05) is 25.1 Å². The number of fused-ring (bicyclic) bond motifs is 1. The number of aromatic amines is 1. The second kappa shape index (κ2) is 9.26. The van der Waals surface area contributed by atoms with Crippen LogP contribution in [0.1, 0.15) is 42.1 Å². The van der Waals surface area contributed by atoms with Gasteiger partial charge in [-0.1, -0.05) is 37.3 Å². The number of nitrogens with zero attached hydrogens (tertiary/aromatic N) is 3. The molecular formula is C23H27N5O3. The zero-order chi connectivity index (χ0) is 21.8. The predicted octanol–water partition coefficient (Wildman–Crippen LogP) is 1.89. The van der Waals surface area contributed by atoms with Gasteiger partial charge in [-0.05, 0) is 30.9 Å². The molecule has 1 amide bonds. The molecule has 3 heterocycles. The third kappa shape index (κ3) is 4.74. The number of benzene rings is 1. The minimum Gasteiger partial charge on any atom is -0.349 e. The number of hydrogen-bond acceptors (Lipinski definition) is 5. The maximum atomic E-state index is 12.8. The molecule has 4 rings (SSSR count). The molecular weight excluding hydrogens is 394 g/mol. The summed E-state index contributed by atoms with van der Waals surface area (Å²) in [5.41, 5.74) is 0.918. The molecule has 0 unspecified atom stereocenters. The second-order valence-electron chi connectivity index (χ2n) is 8.02. The first kappa shape index (κ1) is 21.0. The molecule has 1 aliphatic rings. The van der Waals surface area contributed by atoms with Crippen LogP contribution in [0, 0.1) is 0 Å². The maximum Gasteiger partial charge on any atom is 0.329 e. The first-order valence-electron chi connectivity index (χ1n) is 10.7. The van der Waals surface area contributed by atoms with Gasteiger partial charge < -0.3 is 5.32 Å². The Morgan fingerprint density at radius 1 is 1.19 bits per heavy atom. The molecule has 31 heavy (non-hydrogen) atoms. The lowest BCUT2D eigenvalue weighted by Crippen LogP contribution is -2.44. The summed E-state index contributed by atoms with van der Waals surface area (Å²) in [4.78, 5) is 46.1. The number of aromatic nitrogens is 3. The molecule has 0 saturated carbocycles. The van der Waals surface area contributed by atoms with Crippen molar-refractivity contribution < 1.29 is 4.79 Å². The second-order valence-corrected chi connectivity index (χ2v) is 8.02. The highest BCUT2D eigenvalue weighted by atomic mass is 16.2. The van der Waals surface area contributed by atoms with Crippen LogP contribution in [-0.4, -0.2) is 44.5 Å². The molecule has 0 spiro atoms. The third-order valence-corrected chi connectivity index (χ3v) is 5.71. The third-order valence-electron chi connectivity index (χ3n) is 5.71. The summed E-state index contributed by atoms with van der Waals surface area (Å²) < 4.78 is 1.43. The lowest BCUT2D eigenvalue weighted by atomic mass is 10.0. The average molecular weight is 422 g/mol. The van der Waals surface area contributed by atoms with Crippen LogP contribution in [0.4, 0.5) is 0 Å². The van der Waals surface area contributed by atoms with Gasteiger partial charge in [-0.15, -0.1) is 0 Å². The Hall–Kier alpha value is -3.26. The summed E-state index contributed by atoms with van der Waals surface area (Å²) in [6.07, 6.45) is 3.91. The molecule has 1 aromatic carbocycles. The van der Waals surface area contributed by atoms with E-state index in [2.05, 4.69) is 32.3 Å². The van der Waals surface area contributed by atoms with Gasteiger partial charge in [-0.3, -0.25) is 24.0 Å². The number of hydrogen-bond donors (Lipinski definition) is 2. The van der Waals surface area contributed by atoms with Crippen LogP contribution in [0.2, 0.25) is 0 Å². The first-order chi connectivity index (χ1) is 15.0. The van der Waals surface area contributed by atoms with Crippen LogP contribution < -0.4 is 16.6 Å². The lowest BCUT2D eigenvalue weighted by Gasteiger charge is -2.32. The number of carbonyl (C=O) groups excluding carboxylic acids is 1. The van der Waals surface area contributed by atoms with Crippen molar-refractivity contribution in [1.82, 2.24) is 24.8 Å². The van der Waals surface area contributed by atoms with E-state index in [1.54, 1.807) is 0 Å². The lowest BCUT2D eigenvalue weighted by molar-refractivity contribution is 0.0908. The van der Waals surface area contributed by atoms with Crippen LogP contribution in [0.5, 0.6) is 0 Å². The molecule has 0 radical (unpaired) electrons. The van der Waals surface area contributed by atoms with E-state index in [9.17, 15) is 14.4 Å². The molecule has 8 heteroatoms. The number of carbonyl (C=O) groups is 1. The Labute approximate surface area is 179 Å². The highest BCUT2D eigenvalue weighted by Crippen LogP contribution is 2.15. The van der Waals surface area contributed by atoms with Gasteiger partial charge in [0.1, 0.15) is 5.65 Å². The van der Waals surface area contributed by atoms with Crippen molar-refractivity contribution in [3.05, 3.63) is 74.6 Å². The Bertz CT molecular complexity index is 1180. The van der Waals surface area contributed by atoms with Crippen molar-refractivity contribution in [2.75, 3.05) is 13.1 Å². The van der Waals surface area contributed by atoms with Crippen molar-refractivity contribution in [2.24, 2.45) is 0 Å². The Morgan fingerprint density at radius 2 is 1.94 bits per heavy atom. The van der Waals surface area contributed by atoms with Gasteiger partial charge in [0.25, 0.3) is 11.5 Å². The summed E-state index contributed by atoms with van der Waals surface area (Å²) in [6.45, 7) is 5.14. The first-order valence-corrected chi connectivity index (χ1v) is 10.7. The number of H-pyrrole nitrogens is 1. The van der Waals surface area contributed by atoms with Gasteiger partial charge in [0.2, 0.25) is 0 Å². The topological polar surface area (TPSA) is 100 Å². The maximum absolute atomic E-state index is 12.8. The van der Waals surface area contributed by atoms with E-state index in [0.717, 1.165) is 38.9 Å². The Kier molecular flexibility index (Phi) is 6.27. The van der Waals surface area contributed by atoms with E-state index < -0.39 is 11.2 Å². The number of rotatable bonds is 6. The van der Waals surface area contributed by atoms with Crippen LogP contribution in [0.15, 0.2) is 52.2 Å². The van der Waals surface area contributed by atoms with Gasteiger partial charge in [0, 0.05) is 38.4 Å². The molecule has 0 bridgehead atoms. The minimum atomic E-state index is -0.524. The molecule has 0 atom stereocenters. The van der Waals surface area contributed by atoms with Crippen molar-refractivity contribution in [1.29, 1.82) is 0 Å². The largest absolute Gasteiger partial charge is 0.349 e. The van der Waals surface area contributed by atoms with E-state index in [-0.39, 0.29) is 17.3 Å². The molecule has 2 aromatic heterocycles. The molecule has 8 nitrogen and oxygen atoms in total. The van der Waals surface area contributed by atoms with E-state index in [1.165, 1.54) is 22.4 Å². The molecule has 0 aliphatic carbocycles. The van der Waals surface area contributed by atoms with Crippen LogP contribution in [0.3, 0.4) is 0 Å². The highest BCUT2D eigenvalue weighted by molar-refractivity contribution is 5.96. The normalized spacial score (nSPS) is 15.3. The van der Waals surface area contributed by atoms with Gasteiger partial charge in [0.05, 0.1) is 10.9 Å². The highest BCUT2D eigenvalue weighted by Gasteiger charge is 2.22. The Balaban J connectivity index is 1.42. The summed E-state index contributed by atoms with van der Waals surface area (Å²) in [6, 6.07) is 12.0. The quantitative estimate of drug-likeness (QED) is 0.633. The van der Waals surface area contributed by atoms with E-state index >= 15 is 0 Å². The zero-order valence-corrected chi connectivity index (χ0v) is 17.6. The number of amides is 1. The minimum absolute atomic E-state index is 0.0857. The Morgan fingerprint density at radius 3 is 2.65 bits per heavy atom. The number of piperidine rings is 1. The molecule has 162 valence electrons. The van der Waals surface area contributed by atoms with Gasteiger partial charge in [-0.25, -0.2) is 9.78 Å². The molecule has 1 fully saturated rings. The van der Waals surface area contributed by atoms with E-state index in [0.29, 0.717) is 17.8 Å². The van der Waals surface area contributed by atoms with Gasteiger partial charge >= 0.3 is 5.69 Å². The van der Waals surface area contributed by atoms with Crippen molar-refractivity contribution in [3.8, 4) is 0 Å². The van der Waals surface area contributed by atoms with Gasteiger partial charge in [0.15, 0.2) is 0 Å². The summed E-state index contributed by atoms with van der Waals surface area (Å²) in [5, 5.41) is 3.32. The predicted molar refractivity (Wildman–Crippen MR) is 119 cm³/mol. The van der Waals surface area contributed by atoms with Crippen LogP contribution >= 0.6 is 0 Å². The van der Waals surface area contributed by atoms with Crippen LogP contribution in [-0.2, 0) is 13.1 Å².